The van der Waals surface area contributed by atoms with E-state index in [4.69, 9.17) is 5.73 Å². The number of hydrogen-bond donors (Lipinski definition) is 1. The molecule has 0 radical (unpaired) electrons. The summed E-state index contributed by atoms with van der Waals surface area (Å²) < 4.78 is 24.5. The molecule has 0 aliphatic carbocycles. The summed E-state index contributed by atoms with van der Waals surface area (Å²) >= 11 is 0. The largest absolute Gasteiger partial charge is 0.364 e. The van der Waals surface area contributed by atoms with Gasteiger partial charge in [-0.1, -0.05) is 30.3 Å². The maximum Gasteiger partial charge on any atom is 0.267 e. The fourth-order valence-electron chi connectivity index (χ4n) is 1.98. The second kappa shape index (κ2) is 6.05. The van der Waals surface area contributed by atoms with Gasteiger partial charge in [0, 0.05) is 0 Å². The molecule has 1 heterocycles. The summed E-state index contributed by atoms with van der Waals surface area (Å²) in [5.74, 6) is -0.946. The molecule has 21 heavy (non-hydrogen) atoms. The zero-order chi connectivity index (χ0) is 15.5. The normalized spacial score (nSPS) is 11.3. The summed E-state index contributed by atoms with van der Waals surface area (Å²) in [5.41, 5.74) is 7.22. The number of carbonyl (C=O) groups excluding carboxylic acids is 1. The van der Waals surface area contributed by atoms with Crippen molar-refractivity contribution >= 4 is 15.7 Å². The topological polar surface area (TPSA) is 90.1 Å². The first kappa shape index (κ1) is 15.2. The molecule has 2 aromatic rings. The molecule has 0 saturated carbocycles. The molecular weight excluding hydrogens is 288 g/mol. The first-order valence-electron chi connectivity index (χ1n) is 6.38. The zero-order valence-corrected chi connectivity index (χ0v) is 12.4. The van der Waals surface area contributed by atoms with Gasteiger partial charge in [0.15, 0.2) is 9.84 Å². The standard InChI is InChI=1S/C15H16N2O3S/c1-11-5-2-3-6-12(11)9-21(19,20)10-13-7-4-8-14(17-13)15(16)18/h2-8H,9-10H2,1H3,(H2,16,18). The van der Waals surface area contributed by atoms with E-state index in [0.29, 0.717) is 5.69 Å². The van der Waals surface area contributed by atoms with Crippen LogP contribution in [0.1, 0.15) is 27.3 Å². The quantitative estimate of drug-likeness (QED) is 0.908. The van der Waals surface area contributed by atoms with Crippen molar-refractivity contribution in [2.75, 3.05) is 0 Å². The Morgan fingerprint density at radius 2 is 1.81 bits per heavy atom. The van der Waals surface area contributed by atoms with E-state index < -0.39 is 15.7 Å². The average molecular weight is 304 g/mol. The van der Waals surface area contributed by atoms with E-state index in [1.165, 1.54) is 6.07 Å². The highest BCUT2D eigenvalue weighted by Gasteiger charge is 2.16. The van der Waals surface area contributed by atoms with Gasteiger partial charge in [-0.15, -0.1) is 0 Å². The first-order valence-corrected chi connectivity index (χ1v) is 8.20. The number of nitrogens with two attached hydrogens (primary N) is 1. The minimum absolute atomic E-state index is 0.0534. The number of aromatic nitrogens is 1. The van der Waals surface area contributed by atoms with Crippen LogP contribution in [0.15, 0.2) is 42.5 Å². The van der Waals surface area contributed by atoms with Crippen LogP contribution in [-0.4, -0.2) is 19.3 Å². The molecule has 0 aliphatic rings. The van der Waals surface area contributed by atoms with Crippen molar-refractivity contribution in [1.82, 2.24) is 4.98 Å². The highest BCUT2D eigenvalue weighted by atomic mass is 32.2. The summed E-state index contributed by atoms with van der Waals surface area (Å²) in [6, 6.07) is 11.9. The molecule has 0 bridgehead atoms. The maximum absolute atomic E-state index is 12.2. The van der Waals surface area contributed by atoms with E-state index in [1.807, 2.05) is 25.1 Å². The van der Waals surface area contributed by atoms with E-state index in [0.717, 1.165) is 11.1 Å². The molecule has 0 atom stereocenters. The van der Waals surface area contributed by atoms with Gasteiger partial charge in [-0.2, -0.15) is 0 Å². The lowest BCUT2D eigenvalue weighted by molar-refractivity contribution is 0.0995. The third kappa shape index (κ3) is 4.13. The Labute approximate surface area is 123 Å². The Bertz CT molecular complexity index is 770. The van der Waals surface area contributed by atoms with Gasteiger partial charge >= 0.3 is 0 Å². The fraction of sp³-hybridized carbons (Fsp3) is 0.200. The third-order valence-electron chi connectivity index (χ3n) is 3.06. The average Bonchev–Trinajstić information content (AvgIpc) is 2.41. The second-order valence-corrected chi connectivity index (χ2v) is 6.90. The first-order chi connectivity index (χ1) is 9.87. The van der Waals surface area contributed by atoms with Gasteiger partial charge in [0.05, 0.1) is 17.2 Å². The van der Waals surface area contributed by atoms with Crippen LogP contribution in [0.25, 0.3) is 0 Å². The number of sulfone groups is 1. The van der Waals surface area contributed by atoms with Crippen LogP contribution < -0.4 is 5.73 Å². The Morgan fingerprint density at radius 1 is 1.10 bits per heavy atom. The van der Waals surface area contributed by atoms with Gasteiger partial charge in [-0.05, 0) is 30.2 Å². The van der Waals surface area contributed by atoms with Crippen molar-refractivity contribution in [3.63, 3.8) is 0 Å². The van der Waals surface area contributed by atoms with Gasteiger partial charge in [0.25, 0.3) is 5.91 Å². The number of nitrogens with zero attached hydrogens (tertiary/aromatic N) is 1. The number of primary amides is 1. The summed E-state index contributed by atoms with van der Waals surface area (Å²) in [7, 11) is -3.37. The van der Waals surface area contributed by atoms with Crippen molar-refractivity contribution in [1.29, 1.82) is 0 Å². The van der Waals surface area contributed by atoms with Crippen molar-refractivity contribution in [3.05, 3.63) is 65.0 Å². The number of pyridine rings is 1. The maximum atomic E-state index is 12.2. The lowest BCUT2D eigenvalue weighted by atomic mass is 10.1. The van der Waals surface area contributed by atoms with Crippen LogP contribution in [0.4, 0.5) is 0 Å². The Hall–Kier alpha value is -2.21. The minimum atomic E-state index is -3.37. The molecular formula is C15H16N2O3S. The molecule has 1 aromatic heterocycles. The van der Waals surface area contributed by atoms with Gasteiger partial charge < -0.3 is 5.73 Å². The van der Waals surface area contributed by atoms with Crippen LogP contribution >= 0.6 is 0 Å². The van der Waals surface area contributed by atoms with E-state index in [1.54, 1.807) is 18.2 Å². The predicted octanol–water partition coefficient (Wildman–Crippen LogP) is 1.60. The summed E-state index contributed by atoms with van der Waals surface area (Å²) in [6.07, 6.45) is 0. The number of aryl methyl sites for hydroxylation is 1. The Morgan fingerprint density at radius 3 is 2.48 bits per heavy atom. The number of benzene rings is 1. The highest BCUT2D eigenvalue weighted by Crippen LogP contribution is 2.14. The lowest BCUT2D eigenvalue weighted by Crippen LogP contribution is -2.15. The Kier molecular flexibility index (Phi) is 4.37. The number of hydrogen-bond acceptors (Lipinski definition) is 4. The van der Waals surface area contributed by atoms with E-state index in [9.17, 15) is 13.2 Å². The predicted molar refractivity (Wildman–Crippen MR) is 80.3 cm³/mol. The monoisotopic (exact) mass is 304 g/mol. The van der Waals surface area contributed by atoms with Gasteiger partial charge in [0.1, 0.15) is 5.69 Å². The Balaban J connectivity index is 2.20. The van der Waals surface area contributed by atoms with Gasteiger partial charge in [-0.3, -0.25) is 4.79 Å². The molecule has 1 aromatic carbocycles. The van der Waals surface area contributed by atoms with Gasteiger partial charge in [0.2, 0.25) is 0 Å². The van der Waals surface area contributed by atoms with Gasteiger partial charge in [-0.25, -0.2) is 13.4 Å². The van der Waals surface area contributed by atoms with Crippen molar-refractivity contribution in [2.24, 2.45) is 5.73 Å². The van der Waals surface area contributed by atoms with Crippen molar-refractivity contribution in [2.45, 2.75) is 18.4 Å². The van der Waals surface area contributed by atoms with E-state index >= 15 is 0 Å². The lowest BCUT2D eigenvalue weighted by Gasteiger charge is -2.07. The summed E-state index contributed by atoms with van der Waals surface area (Å²) in [5, 5.41) is 0. The van der Waals surface area contributed by atoms with E-state index in [-0.39, 0.29) is 17.2 Å². The molecule has 5 nitrogen and oxygen atoms in total. The van der Waals surface area contributed by atoms with Crippen molar-refractivity contribution in [3.8, 4) is 0 Å². The molecule has 110 valence electrons. The van der Waals surface area contributed by atoms with E-state index in [2.05, 4.69) is 4.98 Å². The molecule has 0 unspecified atom stereocenters. The van der Waals surface area contributed by atoms with Crippen LogP contribution in [0.2, 0.25) is 0 Å². The summed E-state index contributed by atoms with van der Waals surface area (Å²) in [4.78, 5) is 15.0. The smallest absolute Gasteiger partial charge is 0.267 e. The fourth-order valence-corrected chi connectivity index (χ4v) is 3.49. The molecule has 0 aliphatic heterocycles. The molecule has 0 fully saturated rings. The molecule has 0 saturated heterocycles. The SMILES string of the molecule is Cc1ccccc1CS(=O)(=O)Cc1cccc(C(N)=O)n1. The number of rotatable bonds is 5. The molecule has 6 heteroatoms. The van der Waals surface area contributed by atoms with Crippen molar-refractivity contribution < 1.29 is 13.2 Å². The van der Waals surface area contributed by atoms with Crippen LogP contribution in [0.5, 0.6) is 0 Å². The number of carbonyl (C=O) groups is 1. The summed E-state index contributed by atoms with van der Waals surface area (Å²) in [6.45, 7) is 1.87. The molecule has 2 rings (SSSR count). The molecule has 0 spiro atoms. The molecule has 2 N–H and O–H groups in total. The minimum Gasteiger partial charge on any atom is -0.364 e. The van der Waals surface area contributed by atoms with Crippen LogP contribution in [0, 0.1) is 6.92 Å². The highest BCUT2D eigenvalue weighted by molar-refractivity contribution is 7.89. The second-order valence-electron chi connectivity index (χ2n) is 4.84. The zero-order valence-electron chi connectivity index (χ0n) is 11.6. The molecule has 1 amide bonds. The third-order valence-corrected chi connectivity index (χ3v) is 4.55. The number of amides is 1. The van der Waals surface area contributed by atoms with Crippen LogP contribution in [-0.2, 0) is 21.3 Å². The van der Waals surface area contributed by atoms with Crippen LogP contribution in [0.3, 0.4) is 0 Å².